The van der Waals surface area contributed by atoms with Gasteiger partial charge in [-0.15, -0.1) is 0 Å². The van der Waals surface area contributed by atoms with E-state index in [1.54, 1.807) is 0 Å². The lowest BCUT2D eigenvalue weighted by atomic mass is 10.1. The largest absolute Gasteiger partial charge is 0.491 e. The van der Waals surface area contributed by atoms with Crippen LogP contribution in [0.15, 0.2) is 41.0 Å². The molecule has 0 saturated heterocycles. The van der Waals surface area contributed by atoms with Crippen molar-refractivity contribution in [1.29, 1.82) is 0 Å². The molecule has 5 heteroatoms. The van der Waals surface area contributed by atoms with Gasteiger partial charge in [-0.2, -0.15) is 0 Å². The number of pyridine rings is 1. The minimum Gasteiger partial charge on any atom is -0.491 e. The summed E-state index contributed by atoms with van der Waals surface area (Å²) >= 11 is 5.73. The van der Waals surface area contributed by atoms with Crippen LogP contribution in [0.2, 0.25) is 0 Å². The van der Waals surface area contributed by atoms with Crippen LogP contribution in [0.1, 0.15) is 31.0 Å². The Hall–Kier alpha value is -0.660. The van der Waals surface area contributed by atoms with Crippen molar-refractivity contribution in [2.24, 2.45) is 0 Å². The fourth-order valence-corrected chi connectivity index (χ4v) is 3.79. The van der Waals surface area contributed by atoms with Gasteiger partial charge >= 0.3 is 0 Å². The summed E-state index contributed by atoms with van der Waals surface area (Å²) in [5.41, 5.74) is 2.49. The highest BCUT2D eigenvalue weighted by molar-refractivity contribution is 14.1. The van der Waals surface area contributed by atoms with E-state index in [1.165, 1.54) is 11.1 Å². The van der Waals surface area contributed by atoms with Crippen LogP contribution in [0.3, 0.4) is 0 Å². The third-order valence-electron chi connectivity index (χ3n) is 3.41. The SMILES string of the molecule is CCOc1c(CCN[C@@H](C)c2ccccc2)cc(I)nc1Br. The van der Waals surface area contributed by atoms with Gasteiger partial charge in [0.05, 0.1) is 6.61 Å². The normalized spacial score (nSPS) is 12.2. The molecule has 0 aliphatic rings. The standard InChI is InChI=1S/C17H20BrIN2O/c1-3-22-16-14(11-15(19)21-17(16)18)9-10-20-12(2)13-7-5-4-6-8-13/h4-8,11-12,20H,3,9-10H2,1-2H3/t12-/m0/s1. The van der Waals surface area contributed by atoms with Gasteiger partial charge in [-0.25, -0.2) is 4.98 Å². The number of nitrogens with zero attached hydrogens (tertiary/aromatic N) is 1. The van der Waals surface area contributed by atoms with E-state index in [2.05, 4.69) is 86.1 Å². The number of ether oxygens (including phenoxy) is 1. The highest BCUT2D eigenvalue weighted by Gasteiger charge is 2.12. The lowest BCUT2D eigenvalue weighted by Crippen LogP contribution is -2.21. The molecule has 2 aromatic rings. The molecule has 1 aromatic heterocycles. The Morgan fingerprint density at radius 3 is 2.73 bits per heavy atom. The summed E-state index contributed by atoms with van der Waals surface area (Å²) in [6, 6.07) is 12.9. The second-order valence-corrected chi connectivity index (χ2v) is 6.85. The molecule has 1 aromatic carbocycles. The maximum atomic E-state index is 5.72. The molecule has 0 fully saturated rings. The zero-order chi connectivity index (χ0) is 15.9. The van der Waals surface area contributed by atoms with Crippen molar-refractivity contribution in [3.8, 4) is 5.75 Å². The molecule has 118 valence electrons. The summed E-state index contributed by atoms with van der Waals surface area (Å²) < 4.78 is 7.48. The van der Waals surface area contributed by atoms with E-state index in [1.807, 2.05) is 13.0 Å². The molecule has 0 bridgehead atoms. The van der Waals surface area contributed by atoms with Crippen LogP contribution >= 0.6 is 38.5 Å². The van der Waals surface area contributed by atoms with Gasteiger partial charge in [0, 0.05) is 11.6 Å². The summed E-state index contributed by atoms with van der Waals surface area (Å²) in [5.74, 6) is 0.858. The lowest BCUT2D eigenvalue weighted by Gasteiger charge is -2.16. The third-order valence-corrected chi connectivity index (χ3v) is 4.50. The number of nitrogens with one attached hydrogen (secondary N) is 1. The van der Waals surface area contributed by atoms with Crippen LogP contribution in [0, 0.1) is 3.70 Å². The zero-order valence-electron chi connectivity index (χ0n) is 12.8. The maximum absolute atomic E-state index is 5.72. The fraction of sp³-hybridized carbons (Fsp3) is 0.353. The van der Waals surface area contributed by atoms with Crippen molar-refractivity contribution in [3.63, 3.8) is 0 Å². The van der Waals surface area contributed by atoms with Crippen LogP contribution < -0.4 is 10.1 Å². The predicted molar refractivity (Wildman–Crippen MR) is 102 cm³/mol. The van der Waals surface area contributed by atoms with Crippen LogP contribution in [0.5, 0.6) is 5.75 Å². The number of rotatable bonds is 7. The zero-order valence-corrected chi connectivity index (χ0v) is 16.5. The number of halogens is 2. The third kappa shape index (κ3) is 4.93. The highest BCUT2D eigenvalue weighted by Crippen LogP contribution is 2.29. The molecule has 2 rings (SSSR count). The number of benzene rings is 1. The molecule has 0 unspecified atom stereocenters. The molecular weight excluding hydrogens is 455 g/mol. The highest BCUT2D eigenvalue weighted by atomic mass is 127. The average molecular weight is 475 g/mol. The summed E-state index contributed by atoms with van der Waals surface area (Å²) in [5, 5.41) is 3.56. The Balaban J connectivity index is 1.99. The molecule has 0 amide bonds. The van der Waals surface area contributed by atoms with Crippen molar-refractivity contribution in [1.82, 2.24) is 10.3 Å². The first-order valence-electron chi connectivity index (χ1n) is 7.37. The van der Waals surface area contributed by atoms with E-state index in [4.69, 9.17) is 4.74 Å². The van der Waals surface area contributed by atoms with Crippen LogP contribution in [0.4, 0.5) is 0 Å². The van der Waals surface area contributed by atoms with Gasteiger partial charge in [-0.05, 0) is 77.0 Å². The summed E-state index contributed by atoms with van der Waals surface area (Å²) in [7, 11) is 0. The number of hydrogen-bond donors (Lipinski definition) is 1. The maximum Gasteiger partial charge on any atom is 0.155 e. The van der Waals surface area contributed by atoms with Gasteiger partial charge in [0.15, 0.2) is 5.75 Å². The Labute approximate surface area is 154 Å². The summed E-state index contributed by atoms with van der Waals surface area (Å²) in [6.07, 6.45) is 0.906. The monoisotopic (exact) mass is 474 g/mol. The Morgan fingerprint density at radius 1 is 1.32 bits per heavy atom. The van der Waals surface area contributed by atoms with Crippen LogP contribution in [-0.2, 0) is 6.42 Å². The molecule has 1 N–H and O–H groups in total. The van der Waals surface area contributed by atoms with Crippen molar-refractivity contribution >= 4 is 38.5 Å². The minimum atomic E-state index is 0.334. The van der Waals surface area contributed by atoms with E-state index in [9.17, 15) is 0 Å². The smallest absolute Gasteiger partial charge is 0.155 e. The van der Waals surface area contributed by atoms with Crippen molar-refractivity contribution < 1.29 is 4.74 Å². The Bertz CT molecular complexity index is 607. The van der Waals surface area contributed by atoms with E-state index < -0.39 is 0 Å². The molecule has 1 atom stereocenters. The minimum absolute atomic E-state index is 0.334. The van der Waals surface area contributed by atoms with Gasteiger partial charge in [0.25, 0.3) is 0 Å². The molecular formula is C17H20BrIN2O. The molecule has 0 spiro atoms. The molecule has 0 saturated carbocycles. The van der Waals surface area contributed by atoms with Gasteiger partial charge in [0.2, 0.25) is 0 Å². The summed E-state index contributed by atoms with van der Waals surface area (Å²) in [6.45, 7) is 5.71. The Kier molecular flexibility index (Phi) is 7.11. The van der Waals surface area contributed by atoms with Gasteiger partial charge < -0.3 is 10.1 Å². The van der Waals surface area contributed by atoms with Crippen molar-refractivity contribution in [3.05, 3.63) is 55.8 Å². The second-order valence-electron chi connectivity index (χ2n) is 4.99. The number of aromatic nitrogens is 1. The second kappa shape index (κ2) is 8.84. The van der Waals surface area contributed by atoms with E-state index in [0.717, 1.165) is 27.0 Å². The lowest BCUT2D eigenvalue weighted by molar-refractivity contribution is 0.332. The summed E-state index contributed by atoms with van der Waals surface area (Å²) in [4.78, 5) is 4.40. The first-order chi connectivity index (χ1) is 10.6. The number of hydrogen-bond acceptors (Lipinski definition) is 3. The predicted octanol–water partition coefficient (Wildman–Crippen LogP) is 4.74. The quantitative estimate of drug-likeness (QED) is 0.464. The first kappa shape index (κ1) is 17.7. The van der Waals surface area contributed by atoms with Crippen LogP contribution in [0.25, 0.3) is 0 Å². The molecule has 0 aliphatic heterocycles. The molecule has 1 heterocycles. The fourth-order valence-electron chi connectivity index (χ4n) is 2.28. The van der Waals surface area contributed by atoms with Gasteiger partial charge in [-0.3, -0.25) is 0 Å². The molecule has 0 radical (unpaired) electrons. The topological polar surface area (TPSA) is 34.1 Å². The van der Waals surface area contributed by atoms with Crippen molar-refractivity contribution in [2.45, 2.75) is 26.3 Å². The molecule has 22 heavy (non-hydrogen) atoms. The van der Waals surface area contributed by atoms with Crippen LogP contribution in [-0.4, -0.2) is 18.1 Å². The van der Waals surface area contributed by atoms with E-state index in [-0.39, 0.29) is 0 Å². The molecule has 3 nitrogen and oxygen atoms in total. The Morgan fingerprint density at radius 2 is 2.05 bits per heavy atom. The van der Waals surface area contributed by atoms with Gasteiger partial charge in [0.1, 0.15) is 8.30 Å². The van der Waals surface area contributed by atoms with Gasteiger partial charge in [-0.1, -0.05) is 30.3 Å². The van der Waals surface area contributed by atoms with Crippen molar-refractivity contribution in [2.75, 3.05) is 13.2 Å². The van der Waals surface area contributed by atoms with E-state index in [0.29, 0.717) is 12.6 Å². The van der Waals surface area contributed by atoms with E-state index >= 15 is 0 Å². The average Bonchev–Trinajstić information content (AvgIpc) is 2.51. The first-order valence-corrected chi connectivity index (χ1v) is 9.25. The molecule has 0 aliphatic carbocycles.